The molecule has 6 heteroatoms. The van der Waals surface area contributed by atoms with Crippen LogP contribution in [0.4, 0.5) is 0 Å². The van der Waals surface area contributed by atoms with E-state index in [4.69, 9.17) is 26.2 Å². The summed E-state index contributed by atoms with van der Waals surface area (Å²) in [7, 11) is 0. The summed E-state index contributed by atoms with van der Waals surface area (Å²) in [5.74, 6) is 6.56. The van der Waals surface area contributed by atoms with E-state index < -0.39 is 5.97 Å². The third-order valence-electron chi connectivity index (χ3n) is 4.03. The van der Waals surface area contributed by atoms with Crippen LogP contribution in [-0.4, -0.2) is 29.3 Å². The molecule has 0 saturated carbocycles. The minimum Gasteiger partial charge on any atom is -0.493 e. The first-order valence-corrected chi connectivity index (χ1v) is 9.77. The molecule has 30 heavy (non-hydrogen) atoms. The van der Waals surface area contributed by atoms with Crippen LogP contribution in [0.25, 0.3) is 0 Å². The molecule has 3 aromatic rings. The molecule has 0 radical (unpaired) electrons. The molecule has 0 aliphatic heterocycles. The third kappa shape index (κ3) is 6.84. The van der Waals surface area contributed by atoms with E-state index in [2.05, 4.69) is 16.8 Å². The first-order valence-electron chi connectivity index (χ1n) is 9.39. The summed E-state index contributed by atoms with van der Waals surface area (Å²) in [5.41, 5.74) is 2.11. The number of ether oxygens (including phenoxy) is 2. The Balaban J connectivity index is 1.50. The number of carboxylic acids is 1. The van der Waals surface area contributed by atoms with Gasteiger partial charge in [-0.2, -0.15) is 0 Å². The fourth-order valence-corrected chi connectivity index (χ4v) is 2.78. The lowest BCUT2D eigenvalue weighted by Crippen LogP contribution is -2.06. The molecule has 5 nitrogen and oxygen atoms in total. The van der Waals surface area contributed by atoms with Crippen LogP contribution >= 0.6 is 11.6 Å². The van der Waals surface area contributed by atoms with Crippen LogP contribution in [0, 0.1) is 11.8 Å². The first-order chi connectivity index (χ1) is 14.6. The van der Waals surface area contributed by atoms with Gasteiger partial charge in [-0.15, -0.1) is 0 Å². The number of aliphatic carboxylic acids is 1. The topological polar surface area (TPSA) is 68.7 Å². The zero-order chi connectivity index (χ0) is 21.2. The van der Waals surface area contributed by atoms with Crippen molar-refractivity contribution >= 4 is 17.6 Å². The van der Waals surface area contributed by atoms with Crippen LogP contribution in [0.3, 0.4) is 0 Å². The molecule has 2 aromatic carbocycles. The van der Waals surface area contributed by atoms with Crippen molar-refractivity contribution in [2.45, 2.75) is 12.8 Å². The molecule has 0 aliphatic carbocycles. The van der Waals surface area contributed by atoms with Gasteiger partial charge in [-0.05, 0) is 53.9 Å². The van der Waals surface area contributed by atoms with Gasteiger partial charge in [0.05, 0.1) is 25.2 Å². The maximum absolute atomic E-state index is 10.7. The molecule has 0 spiro atoms. The molecule has 152 valence electrons. The van der Waals surface area contributed by atoms with E-state index in [0.29, 0.717) is 47.4 Å². The predicted octanol–water partition coefficient (Wildman–Crippen LogP) is 4.61. The summed E-state index contributed by atoms with van der Waals surface area (Å²) in [4.78, 5) is 14.9. The van der Waals surface area contributed by atoms with Crippen LogP contribution in [0.2, 0.25) is 5.02 Å². The smallest absolute Gasteiger partial charge is 0.307 e. The largest absolute Gasteiger partial charge is 0.493 e. The summed E-state index contributed by atoms with van der Waals surface area (Å²) < 4.78 is 11.5. The van der Waals surface area contributed by atoms with Crippen molar-refractivity contribution in [3.05, 3.63) is 88.7 Å². The second kappa shape index (κ2) is 10.9. The number of halogens is 1. The molecule has 0 bridgehead atoms. The van der Waals surface area contributed by atoms with Gasteiger partial charge in [0.15, 0.2) is 0 Å². The van der Waals surface area contributed by atoms with Gasteiger partial charge in [0, 0.05) is 17.6 Å². The number of hydrogen-bond acceptors (Lipinski definition) is 4. The van der Waals surface area contributed by atoms with E-state index in [1.165, 1.54) is 0 Å². The van der Waals surface area contributed by atoms with Gasteiger partial charge in [-0.25, -0.2) is 4.98 Å². The molecule has 3 rings (SSSR count). The fraction of sp³-hybridized carbons (Fsp3) is 0.167. The molecule has 0 atom stereocenters. The lowest BCUT2D eigenvalue weighted by atomic mass is 10.1. The van der Waals surface area contributed by atoms with Crippen molar-refractivity contribution in [3.8, 4) is 23.3 Å². The Kier molecular flexibility index (Phi) is 7.71. The van der Waals surface area contributed by atoms with Gasteiger partial charge in [0.25, 0.3) is 0 Å². The van der Waals surface area contributed by atoms with Crippen molar-refractivity contribution in [3.63, 3.8) is 0 Å². The molecule has 0 amide bonds. The monoisotopic (exact) mass is 421 g/mol. The number of rotatable bonds is 8. The van der Waals surface area contributed by atoms with Crippen molar-refractivity contribution in [1.82, 2.24) is 4.98 Å². The molecular formula is C24H20ClNO4. The molecule has 0 saturated heterocycles. The number of benzene rings is 2. The molecule has 1 heterocycles. The van der Waals surface area contributed by atoms with Gasteiger partial charge < -0.3 is 14.6 Å². The minimum absolute atomic E-state index is 0.000767. The zero-order valence-corrected chi connectivity index (χ0v) is 16.9. The van der Waals surface area contributed by atoms with Crippen molar-refractivity contribution in [1.29, 1.82) is 0 Å². The minimum atomic E-state index is -0.855. The lowest BCUT2D eigenvalue weighted by molar-refractivity contribution is -0.136. The lowest BCUT2D eigenvalue weighted by Gasteiger charge is -2.10. The van der Waals surface area contributed by atoms with E-state index in [9.17, 15) is 4.79 Å². The molecule has 1 N–H and O–H groups in total. The highest BCUT2D eigenvalue weighted by Gasteiger charge is 2.04. The average Bonchev–Trinajstić information content (AvgIpc) is 2.74. The summed E-state index contributed by atoms with van der Waals surface area (Å²) in [6, 6.07) is 17.9. The van der Waals surface area contributed by atoms with E-state index in [1.54, 1.807) is 48.7 Å². The number of carbonyl (C=O) groups is 1. The van der Waals surface area contributed by atoms with E-state index in [0.717, 1.165) is 5.56 Å². The van der Waals surface area contributed by atoms with Crippen LogP contribution in [0.5, 0.6) is 11.5 Å². The second-order valence-corrected chi connectivity index (χ2v) is 6.81. The maximum atomic E-state index is 10.7. The Morgan fingerprint density at radius 1 is 1.00 bits per heavy atom. The number of aromatic nitrogens is 1. The normalized spacial score (nSPS) is 10.0. The zero-order valence-electron chi connectivity index (χ0n) is 16.2. The summed E-state index contributed by atoms with van der Waals surface area (Å²) in [6.45, 7) is 0.928. The van der Waals surface area contributed by atoms with E-state index in [1.807, 2.05) is 18.2 Å². The van der Waals surface area contributed by atoms with Gasteiger partial charge in [-0.3, -0.25) is 4.79 Å². The highest BCUT2D eigenvalue weighted by molar-refractivity contribution is 6.30. The Hall–Kier alpha value is -3.49. The number of hydrogen-bond donors (Lipinski definition) is 1. The molecule has 0 unspecified atom stereocenters. The van der Waals surface area contributed by atoms with Gasteiger partial charge in [-0.1, -0.05) is 35.7 Å². The number of pyridine rings is 1. The van der Waals surface area contributed by atoms with Gasteiger partial charge in [0.2, 0.25) is 0 Å². The fourth-order valence-electron chi connectivity index (χ4n) is 2.60. The third-order valence-corrected chi connectivity index (χ3v) is 4.26. The standard InChI is InChI=1S/C24H20ClNO4/c25-20-8-12-23(19(17-20)7-9-21-4-1-2-13-26-21)30-15-3-14-29-22-10-5-18(6-11-22)16-24(27)28/h1-2,4-6,8,10-13,17H,3,14-16H2,(H,27,28). The van der Waals surface area contributed by atoms with Crippen LogP contribution in [0.15, 0.2) is 66.9 Å². The maximum Gasteiger partial charge on any atom is 0.307 e. The van der Waals surface area contributed by atoms with Crippen LogP contribution in [-0.2, 0) is 11.2 Å². The SMILES string of the molecule is O=C(O)Cc1ccc(OCCCOc2ccc(Cl)cc2C#Cc2ccccn2)cc1. The average molecular weight is 422 g/mol. The van der Waals surface area contributed by atoms with Crippen molar-refractivity contribution in [2.75, 3.05) is 13.2 Å². The highest BCUT2D eigenvalue weighted by Crippen LogP contribution is 2.22. The van der Waals surface area contributed by atoms with Gasteiger partial charge in [0.1, 0.15) is 17.2 Å². The van der Waals surface area contributed by atoms with Crippen molar-refractivity contribution in [2.24, 2.45) is 0 Å². The van der Waals surface area contributed by atoms with E-state index in [-0.39, 0.29) is 6.42 Å². The quantitative estimate of drug-likeness (QED) is 0.425. The Bertz CT molecular complexity index is 1040. The van der Waals surface area contributed by atoms with Crippen molar-refractivity contribution < 1.29 is 19.4 Å². The molecule has 0 aliphatic rings. The Morgan fingerprint density at radius 2 is 1.80 bits per heavy atom. The van der Waals surface area contributed by atoms with Crippen LogP contribution in [0.1, 0.15) is 23.2 Å². The number of nitrogens with zero attached hydrogens (tertiary/aromatic N) is 1. The Morgan fingerprint density at radius 3 is 2.53 bits per heavy atom. The number of carboxylic acid groups (broad SMARTS) is 1. The summed E-state index contributed by atoms with van der Waals surface area (Å²) in [6.07, 6.45) is 2.37. The van der Waals surface area contributed by atoms with Crippen LogP contribution < -0.4 is 9.47 Å². The van der Waals surface area contributed by atoms with E-state index >= 15 is 0 Å². The molecule has 0 fully saturated rings. The Labute approximate surface area is 180 Å². The molecule has 1 aromatic heterocycles. The molecular weight excluding hydrogens is 402 g/mol. The first kappa shape index (κ1) is 21.2. The summed E-state index contributed by atoms with van der Waals surface area (Å²) in [5, 5.41) is 9.38. The predicted molar refractivity (Wildman–Crippen MR) is 115 cm³/mol. The highest BCUT2D eigenvalue weighted by atomic mass is 35.5. The second-order valence-electron chi connectivity index (χ2n) is 6.37. The van der Waals surface area contributed by atoms with Gasteiger partial charge >= 0.3 is 5.97 Å². The summed E-state index contributed by atoms with van der Waals surface area (Å²) >= 11 is 6.10.